The number of carbonyl (C=O) groups excluding carboxylic acids is 1. The van der Waals surface area contributed by atoms with Crippen LogP contribution < -0.4 is 10.5 Å². The van der Waals surface area contributed by atoms with E-state index < -0.39 is 27.9 Å². The number of hydrogen-bond donors (Lipinski definition) is 3. The molecule has 0 saturated carbocycles. The highest BCUT2D eigenvalue weighted by molar-refractivity contribution is 9.10. The number of carbonyl (C=O) groups is 2. The molecule has 21 heavy (non-hydrogen) atoms. The number of primary amides is 1. The molecule has 1 atom stereocenters. The maximum Gasteiger partial charge on any atom is 0.335 e. The molecule has 0 bridgehead atoms. The number of carboxylic acids is 1. The summed E-state index contributed by atoms with van der Waals surface area (Å²) >= 11 is 3.14. The first-order chi connectivity index (χ1) is 9.54. The molecule has 0 spiro atoms. The molecule has 1 amide bonds. The van der Waals surface area contributed by atoms with E-state index in [0.717, 1.165) is 6.07 Å². The van der Waals surface area contributed by atoms with Crippen LogP contribution in [0.3, 0.4) is 0 Å². The second-order valence-electron chi connectivity index (χ2n) is 4.60. The fourth-order valence-corrected chi connectivity index (χ4v) is 4.02. The summed E-state index contributed by atoms with van der Waals surface area (Å²) in [6, 6.07) is 1.71. The number of nitrogens with one attached hydrogen (secondary N) is 1. The Morgan fingerprint density at radius 2 is 2.00 bits per heavy atom. The topological polar surface area (TPSA) is 127 Å². The van der Waals surface area contributed by atoms with E-state index in [4.69, 9.17) is 10.8 Å². The van der Waals surface area contributed by atoms with Crippen molar-refractivity contribution < 1.29 is 23.1 Å². The number of amides is 1. The third-order valence-corrected chi connectivity index (χ3v) is 5.55. The predicted octanol–water partition coefficient (Wildman–Crippen LogP) is 0.998. The minimum atomic E-state index is -3.98. The van der Waals surface area contributed by atoms with E-state index >= 15 is 0 Å². The Kier molecular flexibility index (Phi) is 5.48. The minimum absolute atomic E-state index is 0.140. The number of halogens is 1. The molecule has 4 N–H and O–H groups in total. The largest absolute Gasteiger partial charge is 0.478 e. The summed E-state index contributed by atoms with van der Waals surface area (Å²) in [7, 11) is -3.98. The van der Waals surface area contributed by atoms with Gasteiger partial charge in [0, 0.05) is 16.9 Å². The van der Waals surface area contributed by atoms with E-state index in [2.05, 4.69) is 20.7 Å². The Hall–Kier alpha value is -1.45. The Balaban J connectivity index is 3.25. The van der Waals surface area contributed by atoms with Crippen molar-refractivity contribution in [1.82, 2.24) is 4.72 Å². The zero-order valence-corrected chi connectivity index (χ0v) is 13.8. The number of aryl methyl sites for hydroxylation is 1. The molecule has 1 unspecified atom stereocenters. The second-order valence-corrected chi connectivity index (χ2v) is 7.08. The molecule has 1 aromatic rings. The van der Waals surface area contributed by atoms with Gasteiger partial charge in [-0.15, -0.1) is 0 Å². The van der Waals surface area contributed by atoms with Gasteiger partial charge in [-0.1, -0.05) is 0 Å². The number of rotatable bonds is 6. The number of hydrogen-bond acceptors (Lipinski definition) is 4. The lowest BCUT2D eigenvalue weighted by Crippen LogP contribution is -2.36. The van der Waals surface area contributed by atoms with Crippen molar-refractivity contribution in [3.8, 4) is 0 Å². The summed E-state index contributed by atoms with van der Waals surface area (Å²) in [5, 5.41) is 9.00. The predicted molar refractivity (Wildman–Crippen MR) is 79.4 cm³/mol. The lowest BCUT2D eigenvalue weighted by atomic mass is 10.1. The van der Waals surface area contributed by atoms with E-state index in [-0.39, 0.29) is 21.4 Å². The maximum atomic E-state index is 12.3. The molecule has 116 valence electrons. The highest BCUT2D eigenvalue weighted by Gasteiger charge is 2.24. The van der Waals surface area contributed by atoms with Crippen LogP contribution in [-0.4, -0.2) is 31.4 Å². The van der Waals surface area contributed by atoms with Crippen molar-refractivity contribution in [3.63, 3.8) is 0 Å². The summed E-state index contributed by atoms with van der Waals surface area (Å²) in [4.78, 5) is 21.6. The van der Waals surface area contributed by atoms with Crippen LogP contribution in [0.5, 0.6) is 0 Å². The number of sulfonamides is 1. The van der Waals surface area contributed by atoms with Crippen LogP contribution in [0.2, 0.25) is 0 Å². The van der Waals surface area contributed by atoms with E-state index in [9.17, 15) is 18.0 Å². The summed E-state index contributed by atoms with van der Waals surface area (Å²) in [6.45, 7) is 3.08. The molecule has 0 aromatic heterocycles. The molecule has 9 heteroatoms. The molecule has 0 fully saturated rings. The van der Waals surface area contributed by atoms with Gasteiger partial charge < -0.3 is 10.8 Å². The second kappa shape index (κ2) is 6.54. The average Bonchev–Trinajstić information content (AvgIpc) is 2.29. The van der Waals surface area contributed by atoms with Gasteiger partial charge in [0.15, 0.2) is 0 Å². The molecule has 0 radical (unpaired) electrons. The Bertz CT molecular complexity index is 687. The fourth-order valence-electron chi connectivity index (χ4n) is 1.73. The minimum Gasteiger partial charge on any atom is -0.478 e. The van der Waals surface area contributed by atoms with Crippen molar-refractivity contribution >= 4 is 37.8 Å². The quantitative estimate of drug-likeness (QED) is 0.680. The van der Waals surface area contributed by atoms with Crippen LogP contribution in [0.25, 0.3) is 0 Å². The van der Waals surface area contributed by atoms with E-state index in [1.165, 1.54) is 13.0 Å². The van der Waals surface area contributed by atoms with Crippen molar-refractivity contribution in [3.05, 3.63) is 27.7 Å². The first-order valence-electron chi connectivity index (χ1n) is 5.88. The Morgan fingerprint density at radius 1 is 1.43 bits per heavy atom. The van der Waals surface area contributed by atoms with Gasteiger partial charge in [0.2, 0.25) is 15.9 Å². The molecule has 0 aliphatic carbocycles. The summed E-state index contributed by atoms with van der Waals surface area (Å²) < 4.78 is 27.1. The van der Waals surface area contributed by atoms with Crippen LogP contribution in [0, 0.1) is 6.92 Å². The van der Waals surface area contributed by atoms with Gasteiger partial charge in [-0.05, 0) is 47.5 Å². The van der Waals surface area contributed by atoms with E-state index in [1.54, 1.807) is 6.92 Å². The van der Waals surface area contributed by atoms with Crippen molar-refractivity contribution in [2.24, 2.45) is 5.73 Å². The monoisotopic (exact) mass is 378 g/mol. The molecule has 0 heterocycles. The first-order valence-corrected chi connectivity index (χ1v) is 8.16. The molecule has 0 saturated heterocycles. The normalized spacial score (nSPS) is 12.9. The molecule has 7 nitrogen and oxygen atoms in total. The number of nitrogens with two attached hydrogens (primary N) is 1. The molecule has 1 aromatic carbocycles. The van der Waals surface area contributed by atoms with Gasteiger partial charge in [-0.3, -0.25) is 4.79 Å². The van der Waals surface area contributed by atoms with Crippen LogP contribution in [0.15, 0.2) is 21.5 Å². The summed E-state index contributed by atoms with van der Waals surface area (Å²) in [5.74, 6) is -1.87. The Morgan fingerprint density at radius 3 is 2.48 bits per heavy atom. The fraction of sp³-hybridized carbons (Fsp3) is 0.333. The zero-order valence-electron chi connectivity index (χ0n) is 11.4. The van der Waals surface area contributed by atoms with Gasteiger partial charge in [0.1, 0.15) is 0 Å². The standard InChI is InChI=1S/C12H15BrN2O5S/c1-6-3-8(12(17)18)5-9(11(6)13)21(19,20)15-7(2)4-10(14)16/h3,5,7,15H,4H2,1-2H3,(H2,14,16)(H,17,18). The first kappa shape index (κ1) is 17.6. The lowest BCUT2D eigenvalue weighted by Gasteiger charge is -2.15. The SMILES string of the molecule is Cc1cc(C(=O)O)cc(S(=O)(=O)NC(C)CC(N)=O)c1Br. The molecular formula is C12H15BrN2O5S. The van der Waals surface area contributed by atoms with Gasteiger partial charge in [-0.2, -0.15) is 0 Å². The molecule has 0 aliphatic heterocycles. The number of benzene rings is 1. The van der Waals surface area contributed by atoms with Crippen molar-refractivity contribution in [2.45, 2.75) is 31.2 Å². The smallest absolute Gasteiger partial charge is 0.335 e. The van der Waals surface area contributed by atoms with Gasteiger partial charge in [-0.25, -0.2) is 17.9 Å². The van der Waals surface area contributed by atoms with E-state index in [1.807, 2.05) is 0 Å². The highest BCUT2D eigenvalue weighted by atomic mass is 79.9. The van der Waals surface area contributed by atoms with Crippen molar-refractivity contribution in [2.75, 3.05) is 0 Å². The lowest BCUT2D eigenvalue weighted by molar-refractivity contribution is -0.118. The van der Waals surface area contributed by atoms with E-state index in [0.29, 0.717) is 5.56 Å². The van der Waals surface area contributed by atoms with Crippen molar-refractivity contribution in [1.29, 1.82) is 0 Å². The number of carboxylic acid groups (broad SMARTS) is 1. The third kappa shape index (κ3) is 4.51. The van der Waals surface area contributed by atoms with Crippen LogP contribution in [-0.2, 0) is 14.8 Å². The zero-order chi connectivity index (χ0) is 16.4. The van der Waals surface area contributed by atoms with Crippen LogP contribution in [0.1, 0.15) is 29.3 Å². The van der Waals surface area contributed by atoms with Gasteiger partial charge >= 0.3 is 5.97 Å². The highest BCUT2D eigenvalue weighted by Crippen LogP contribution is 2.27. The molecule has 0 aliphatic rings. The maximum absolute atomic E-state index is 12.3. The third-order valence-electron chi connectivity index (χ3n) is 2.62. The summed E-state index contributed by atoms with van der Waals surface area (Å²) in [5.41, 5.74) is 5.34. The molecule has 1 rings (SSSR count). The Labute approximate surface area is 130 Å². The van der Waals surface area contributed by atoms with Crippen LogP contribution in [0.4, 0.5) is 0 Å². The molecular weight excluding hydrogens is 364 g/mol. The van der Waals surface area contributed by atoms with Gasteiger partial charge in [0.05, 0.1) is 10.5 Å². The van der Waals surface area contributed by atoms with Crippen LogP contribution >= 0.6 is 15.9 Å². The average molecular weight is 379 g/mol. The van der Waals surface area contributed by atoms with Gasteiger partial charge in [0.25, 0.3) is 0 Å². The summed E-state index contributed by atoms with van der Waals surface area (Å²) in [6.07, 6.45) is -0.158. The number of aromatic carboxylic acids is 1.